The second kappa shape index (κ2) is 4.50. The molecule has 0 saturated carbocycles. The molecule has 1 aliphatic heterocycles. The molecule has 0 fully saturated rings. The Kier molecular flexibility index (Phi) is 2.81. The minimum atomic E-state index is -0.394. The smallest absolute Gasteiger partial charge is 0.253 e. The van der Waals surface area contributed by atoms with Crippen LogP contribution in [0.3, 0.4) is 0 Å². The highest BCUT2D eigenvalue weighted by Crippen LogP contribution is 2.31. The lowest BCUT2D eigenvalue weighted by molar-refractivity contribution is 0.0939. The number of aromatic nitrogens is 2. The van der Waals surface area contributed by atoms with Crippen molar-refractivity contribution in [3.05, 3.63) is 41.6 Å². The number of pyridine rings is 1. The fourth-order valence-electron chi connectivity index (χ4n) is 2.48. The minimum absolute atomic E-state index is 0.100. The number of carbonyl (C=O) groups is 1. The minimum Gasteiger partial charge on any atom is -0.357 e. The highest BCUT2D eigenvalue weighted by molar-refractivity contribution is 5.98. The van der Waals surface area contributed by atoms with Crippen molar-refractivity contribution in [2.24, 2.45) is 0 Å². The number of fused-ring (bicyclic) bond motifs is 1. The van der Waals surface area contributed by atoms with Crippen LogP contribution < -0.4 is 5.32 Å². The van der Waals surface area contributed by atoms with Crippen LogP contribution in [0.25, 0.3) is 11.3 Å². The lowest BCUT2D eigenvalue weighted by atomic mass is 9.95. The van der Waals surface area contributed by atoms with E-state index in [4.69, 9.17) is 0 Å². The van der Waals surface area contributed by atoms with E-state index < -0.39 is 5.82 Å². The van der Waals surface area contributed by atoms with Gasteiger partial charge in [-0.3, -0.25) is 9.78 Å². The van der Waals surface area contributed by atoms with Crippen LogP contribution in [0.1, 0.15) is 35.3 Å². The summed E-state index contributed by atoms with van der Waals surface area (Å²) in [5.74, 6) is -0.238. The van der Waals surface area contributed by atoms with Gasteiger partial charge in [0.1, 0.15) is 0 Å². The zero-order valence-electron chi connectivity index (χ0n) is 10.5. The summed E-state index contributed by atoms with van der Waals surface area (Å²) < 4.78 is 13.7. The molecule has 0 aromatic carbocycles. The van der Waals surface area contributed by atoms with E-state index in [2.05, 4.69) is 22.2 Å². The highest BCUT2D eigenvalue weighted by atomic mass is 19.1. The molecule has 19 heavy (non-hydrogen) atoms. The zero-order valence-corrected chi connectivity index (χ0v) is 10.5. The van der Waals surface area contributed by atoms with Crippen LogP contribution in [0.2, 0.25) is 0 Å². The Morgan fingerprint density at radius 2 is 2.32 bits per heavy atom. The summed E-state index contributed by atoms with van der Waals surface area (Å²) in [6.45, 7) is 2.70. The van der Waals surface area contributed by atoms with Crippen molar-refractivity contribution in [2.45, 2.75) is 19.3 Å². The monoisotopic (exact) mass is 259 g/mol. The van der Waals surface area contributed by atoms with Crippen molar-refractivity contribution in [2.75, 3.05) is 6.54 Å². The van der Waals surface area contributed by atoms with Crippen LogP contribution in [-0.4, -0.2) is 22.4 Å². The molecule has 1 amide bonds. The highest BCUT2D eigenvalue weighted by Gasteiger charge is 2.27. The van der Waals surface area contributed by atoms with Crippen molar-refractivity contribution < 1.29 is 9.18 Å². The largest absolute Gasteiger partial charge is 0.357 e. The number of hydrogen-bond donors (Lipinski definition) is 2. The number of carbonyl (C=O) groups excluding carboxylic acids is 1. The molecule has 0 radical (unpaired) electrons. The molecule has 0 spiro atoms. The summed E-state index contributed by atoms with van der Waals surface area (Å²) in [5, 5.41) is 2.85. The fraction of sp³-hybridized carbons (Fsp3) is 0.286. The van der Waals surface area contributed by atoms with E-state index in [1.54, 1.807) is 12.1 Å². The third kappa shape index (κ3) is 1.91. The van der Waals surface area contributed by atoms with Gasteiger partial charge in [-0.2, -0.15) is 0 Å². The van der Waals surface area contributed by atoms with Gasteiger partial charge in [0.15, 0.2) is 5.82 Å². The van der Waals surface area contributed by atoms with E-state index in [-0.39, 0.29) is 11.8 Å². The summed E-state index contributed by atoms with van der Waals surface area (Å²) in [6.07, 6.45) is 3.63. The quantitative estimate of drug-likeness (QED) is 0.870. The van der Waals surface area contributed by atoms with Crippen molar-refractivity contribution >= 4 is 5.91 Å². The molecule has 3 heterocycles. The number of nitrogens with one attached hydrogen (secondary N) is 2. The molecular weight excluding hydrogens is 245 g/mol. The summed E-state index contributed by atoms with van der Waals surface area (Å²) in [5.41, 5.74) is 2.58. The second-order valence-corrected chi connectivity index (χ2v) is 4.68. The summed E-state index contributed by atoms with van der Waals surface area (Å²) in [4.78, 5) is 18.8. The zero-order chi connectivity index (χ0) is 13.4. The molecule has 2 aromatic rings. The van der Waals surface area contributed by atoms with E-state index in [1.165, 1.54) is 12.4 Å². The second-order valence-electron chi connectivity index (χ2n) is 4.68. The van der Waals surface area contributed by atoms with Gasteiger partial charge in [-0.05, 0) is 18.6 Å². The first-order valence-corrected chi connectivity index (χ1v) is 6.31. The molecule has 0 aliphatic carbocycles. The lowest BCUT2D eigenvalue weighted by Gasteiger charge is -2.21. The molecule has 2 N–H and O–H groups in total. The van der Waals surface area contributed by atoms with E-state index >= 15 is 0 Å². The first-order chi connectivity index (χ1) is 9.20. The molecule has 2 aromatic heterocycles. The van der Waals surface area contributed by atoms with Crippen LogP contribution in [0.4, 0.5) is 4.39 Å². The number of aromatic amines is 1. The fourth-order valence-corrected chi connectivity index (χ4v) is 2.48. The van der Waals surface area contributed by atoms with Gasteiger partial charge in [0.25, 0.3) is 5.91 Å². The molecular formula is C14H14FN3O. The van der Waals surface area contributed by atoms with Crippen LogP contribution in [0.5, 0.6) is 0 Å². The van der Waals surface area contributed by atoms with Gasteiger partial charge >= 0.3 is 0 Å². The summed E-state index contributed by atoms with van der Waals surface area (Å²) in [6, 6.07) is 3.32. The third-order valence-corrected chi connectivity index (χ3v) is 3.57. The average molecular weight is 259 g/mol. The average Bonchev–Trinajstić information content (AvgIpc) is 2.85. The maximum absolute atomic E-state index is 13.7. The molecule has 5 heteroatoms. The SMILES string of the molecule is CC[C@@H]1CNC(=O)c2cc(-c3ccncc3F)[nH]c21. The van der Waals surface area contributed by atoms with Gasteiger partial charge in [-0.25, -0.2) is 4.39 Å². The Labute approximate surface area is 110 Å². The number of H-pyrrole nitrogens is 1. The summed E-state index contributed by atoms with van der Waals surface area (Å²) >= 11 is 0. The van der Waals surface area contributed by atoms with E-state index in [0.29, 0.717) is 23.4 Å². The van der Waals surface area contributed by atoms with Gasteiger partial charge in [0.2, 0.25) is 0 Å². The van der Waals surface area contributed by atoms with Crippen LogP contribution in [0, 0.1) is 5.82 Å². The van der Waals surface area contributed by atoms with Gasteiger partial charge < -0.3 is 10.3 Å². The maximum Gasteiger partial charge on any atom is 0.253 e. The first kappa shape index (κ1) is 11.9. The van der Waals surface area contributed by atoms with E-state index in [9.17, 15) is 9.18 Å². The van der Waals surface area contributed by atoms with Crippen LogP contribution in [-0.2, 0) is 0 Å². The van der Waals surface area contributed by atoms with E-state index in [1.807, 2.05) is 0 Å². The van der Waals surface area contributed by atoms with Gasteiger partial charge in [-0.15, -0.1) is 0 Å². The molecule has 0 unspecified atom stereocenters. The van der Waals surface area contributed by atoms with Crippen molar-refractivity contribution in [1.29, 1.82) is 0 Å². The Morgan fingerprint density at radius 1 is 1.47 bits per heavy atom. The molecule has 1 atom stereocenters. The van der Waals surface area contributed by atoms with Crippen LogP contribution >= 0.6 is 0 Å². The third-order valence-electron chi connectivity index (χ3n) is 3.57. The molecule has 98 valence electrons. The number of hydrogen-bond acceptors (Lipinski definition) is 2. The van der Waals surface area contributed by atoms with Gasteiger partial charge in [0, 0.05) is 35.6 Å². The topological polar surface area (TPSA) is 57.8 Å². The lowest BCUT2D eigenvalue weighted by Crippen LogP contribution is -2.34. The van der Waals surface area contributed by atoms with Crippen molar-refractivity contribution in [1.82, 2.24) is 15.3 Å². The number of rotatable bonds is 2. The normalized spacial score (nSPS) is 18.0. The maximum atomic E-state index is 13.7. The molecule has 3 rings (SSSR count). The number of amides is 1. The van der Waals surface area contributed by atoms with Crippen LogP contribution in [0.15, 0.2) is 24.5 Å². The Morgan fingerprint density at radius 3 is 3.05 bits per heavy atom. The predicted molar refractivity (Wildman–Crippen MR) is 69.3 cm³/mol. The van der Waals surface area contributed by atoms with Gasteiger partial charge in [0.05, 0.1) is 11.8 Å². The molecule has 1 aliphatic rings. The standard InChI is InChI=1S/C14H14FN3O/c1-2-8-6-17-14(19)10-5-12(18-13(8)10)9-3-4-16-7-11(9)15/h3-5,7-8,18H,2,6H2,1H3,(H,17,19)/t8-/m1/s1. The molecule has 0 saturated heterocycles. The number of nitrogens with zero attached hydrogens (tertiary/aromatic N) is 1. The Hall–Kier alpha value is -2.17. The molecule has 0 bridgehead atoms. The van der Waals surface area contributed by atoms with Crippen molar-refractivity contribution in [3.63, 3.8) is 0 Å². The van der Waals surface area contributed by atoms with E-state index in [0.717, 1.165) is 12.1 Å². The summed E-state index contributed by atoms with van der Waals surface area (Å²) in [7, 11) is 0. The number of halogens is 1. The molecule has 4 nitrogen and oxygen atoms in total. The Bertz CT molecular complexity index is 635. The van der Waals surface area contributed by atoms with Gasteiger partial charge in [-0.1, -0.05) is 6.92 Å². The first-order valence-electron chi connectivity index (χ1n) is 6.31. The Balaban J connectivity index is 2.11. The van der Waals surface area contributed by atoms with Crippen molar-refractivity contribution in [3.8, 4) is 11.3 Å². The predicted octanol–water partition coefficient (Wildman–Crippen LogP) is 2.45.